The van der Waals surface area contributed by atoms with Gasteiger partial charge >= 0.3 is 0 Å². The van der Waals surface area contributed by atoms with Crippen molar-refractivity contribution in [3.63, 3.8) is 0 Å². The number of fused-ring (bicyclic) bond motifs is 1. The van der Waals surface area contributed by atoms with Crippen molar-refractivity contribution in [2.75, 3.05) is 7.11 Å². The molecule has 5 aromatic rings. The van der Waals surface area contributed by atoms with Crippen LogP contribution in [0.2, 0.25) is 10.2 Å². The van der Waals surface area contributed by atoms with Crippen molar-refractivity contribution < 1.29 is 13.9 Å². The van der Waals surface area contributed by atoms with Crippen molar-refractivity contribution in [3.8, 4) is 17.1 Å². The highest BCUT2D eigenvalue weighted by Gasteiger charge is 2.26. The summed E-state index contributed by atoms with van der Waals surface area (Å²) < 4.78 is 13.0. The quantitative estimate of drug-likeness (QED) is 0.269. The zero-order valence-corrected chi connectivity index (χ0v) is 19.0. The summed E-state index contributed by atoms with van der Waals surface area (Å²) in [6, 6.07) is 16.5. The van der Waals surface area contributed by atoms with Crippen molar-refractivity contribution in [1.29, 1.82) is 0 Å². The zero-order valence-electron chi connectivity index (χ0n) is 17.5. The summed E-state index contributed by atoms with van der Waals surface area (Å²) >= 11 is 12.8. The first kappa shape index (κ1) is 21.2. The first-order chi connectivity index (χ1) is 16.0. The van der Waals surface area contributed by atoms with Gasteiger partial charge in [-0.2, -0.15) is 0 Å². The maximum Gasteiger partial charge on any atom is 0.268 e. The Labute approximate surface area is 199 Å². The molecule has 0 aliphatic heterocycles. The molecule has 0 radical (unpaired) electrons. The number of rotatable bonds is 6. The van der Waals surface area contributed by atoms with Gasteiger partial charge < -0.3 is 13.7 Å². The van der Waals surface area contributed by atoms with Gasteiger partial charge in [0.2, 0.25) is 0 Å². The lowest BCUT2D eigenvalue weighted by molar-refractivity contribution is 0.100. The molecule has 33 heavy (non-hydrogen) atoms. The van der Waals surface area contributed by atoms with E-state index in [2.05, 4.69) is 9.97 Å². The minimum atomic E-state index is -0.409. The largest absolute Gasteiger partial charge is 0.497 e. The number of nitrogens with zero attached hydrogens (tertiary/aromatic N) is 3. The minimum absolute atomic E-state index is 0.0444. The summed E-state index contributed by atoms with van der Waals surface area (Å²) in [5.41, 5.74) is 2.86. The topological polar surface area (TPSA) is 70.2 Å². The maximum atomic E-state index is 13.5. The first-order valence-electron chi connectivity index (χ1n) is 10.1. The number of benzene rings is 2. The fourth-order valence-corrected chi connectivity index (χ4v) is 4.17. The molecule has 0 aliphatic rings. The van der Waals surface area contributed by atoms with Gasteiger partial charge in [0.05, 0.1) is 24.4 Å². The molecule has 5 rings (SSSR count). The third kappa shape index (κ3) is 3.99. The Morgan fingerprint density at radius 1 is 1.06 bits per heavy atom. The zero-order chi connectivity index (χ0) is 22.9. The Hall–Kier alpha value is -3.61. The first-order valence-corrected chi connectivity index (χ1v) is 10.8. The molecule has 3 aromatic heterocycles. The summed E-state index contributed by atoms with van der Waals surface area (Å²) in [7, 11) is 1.57. The Morgan fingerprint density at radius 2 is 1.82 bits per heavy atom. The molecule has 3 heterocycles. The Kier molecular flexibility index (Phi) is 5.62. The molecule has 0 aliphatic carbocycles. The number of hydrogen-bond acceptors (Lipinski definition) is 5. The molecule has 0 amide bonds. The highest BCUT2D eigenvalue weighted by molar-refractivity contribution is 6.36. The molecule has 2 aromatic carbocycles. The van der Waals surface area contributed by atoms with E-state index in [1.807, 2.05) is 41.0 Å². The third-order valence-electron chi connectivity index (χ3n) is 5.35. The van der Waals surface area contributed by atoms with Crippen molar-refractivity contribution in [2.24, 2.45) is 0 Å². The van der Waals surface area contributed by atoms with Crippen LogP contribution in [0.1, 0.15) is 21.8 Å². The molecule has 0 spiro atoms. The second kappa shape index (κ2) is 8.73. The number of aromatic nitrogens is 3. The van der Waals surface area contributed by atoms with E-state index in [-0.39, 0.29) is 5.89 Å². The van der Waals surface area contributed by atoms with Gasteiger partial charge in [0.25, 0.3) is 11.7 Å². The van der Waals surface area contributed by atoms with Crippen LogP contribution in [0.4, 0.5) is 0 Å². The van der Waals surface area contributed by atoms with Crippen LogP contribution in [0.25, 0.3) is 22.2 Å². The van der Waals surface area contributed by atoms with Crippen LogP contribution in [-0.2, 0) is 6.54 Å². The van der Waals surface area contributed by atoms with Gasteiger partial charge in [-0.05, 0) is 48.0 Å². The molecule has 6 nitrogen and oxygen atoms in total. The molecule has 0 atom stereocenters. The van der Waals surface area contributed by atoms with E-state index < -0.39 is 5.78 Å². The highest BCUT2D eigenvalue weighted by Crippen LogP contribution is 2.35. The number of pyridine rings is 1. The van der Waals surface area contributed by atoms with Crippen LogP contribution >= 0.6 is 23.2 Å². The monoisotopic (exact) mass is 477 g/mol. The number of methoxy groups -OCH3 is 1. The van der Waals surface area contributed by atoms with Crippen LogP contribution in [0.15, 0.2) is 77.6 Å². The maximum absolute atomic E-state index is 13.5. The van der Waals surface area contributed by atoms with E-state index in [0.29, 0.717) is 39.2 Å². The van der Waals surface area contributed by atoms with Crippen molar-refractivity contribution >= 4 is 39.9 Å². The summed E-state index contributed by atoms with van der Waals surface area (Å²) in [6.45, 7) is 0.458. The molecule has 8 heteroatoms. The predicted molar refractivity (Wildman–Crippen MR) is 127 cm³/mol. The van der Waals surface area contributed by atoms with E-state index in [0.717, 1.165) is 16.6 Å². The second-order valence-electron chi connectivity index (χ2n) is 7.36. The molecule has 0 bridgehead atoms. The van der Waals surface area contributed by atoms with Gasteiger partial charge in [-0.15, -0.1) is 0 Å². The number of hydrogen-bond donors (Lipinski definition) is 0. The van der Waals surface area contributed by atoms with E-state index in [9.17, 15) is 4.79 Å². The van der Waals surface area contributed by atoms with Crippen LogP contribution in [0.5, 0.6) is 5.75 Å². The third-order valence-corrected chi connectivity index (χ3v) is 6.00. The van der Waals surface area contributed by atoms with Crippen LogP contribution in [-0.4, -0.2) is 27.4 Å². The summed E-state index contributed by atoms with van der Waals surface area (Å²) in [5, 5.41) is 1.60. The van der Waals surface area contributed by atoms with Gasteiger partial charge in [-0.1, -0.05) is 35.3 Å². The molecule has 0 saturated heterocycles. The molecule has 0 unspecified atom stereocenters. The van der Waals surface area contributed by atoms with E-state index >= 15 is 0 Å². The molecule has 0 saturated carbocycles. The second-order valence-corrected chi connectivity index (χ2v) is 8.15. The molecule has 0 fully saturated rings. The number of oxazole rings is 1. The smallest absolute Gasteiger partial charge is 0.268 e. The number of carbonyl (C=O) groups is 1. The number of halogens is 2. The summed E-state index contributed by atoms with van der Waals surface area (Å²) in [4.78, 5) is 21.7. The summed E-state index contributed by atoms with van der Waals surface area (Å²) in [5.74, 6) is 0.631. The Bertz CT molecular complexity index is 1460. The van der Waals surface area contributed by atoms with Gasteiger partial charge in [0.15, 0.2) is 5.76 Å². The Balaban J connectivity index is 1.61. The normalized spacial score (nSPS) is 11.1. The Morgan fingerprint density at radius 3 is 2.55 bits per heavy atom. The van der Waals surface area contributed by atoms with Crippen molar-refractivity contribution in [3.05, 3.63) is 100 Å². The summed E-state index contributed by atoms with van der Waals surface area (Å²) in [6.07, 6.45) is 4.81. The van der Waals surface area contributed by atoms with Gasteiger partial charge in [-0.25, -0.2) is 4.98 Å². The van der Waals surface area contributed by atoms with E-state index in [1.54, 1.807) is 37.7 Å². The van der Waals surface area contributed by atoms with Crippen LogP contribution < -0.4 is 4.74 Å². The molecular formula is C25H17Cl2N3O3. The number of carbonyl (C=O) groups excluding carboxylic acids is 1. The van der Waals surface area contributed by atoms with E-state index in [1.165, 1.54) is 6.20 Å². The SMILES string of the molecule is COc1ccc2c(c1)c(C(=O)c1ncc(-c3ccncc3)o1)c(Cl)n2Cc1ccc(Cl)cc1. The molecule has 164 valence electrons. The van der Waals surface area contributed by atoms with Gasteiger partial charge in [0, 0.05) is 34.9 Å². The fourth-order valence-electron chi connectivity index (χ4n) is 3.71. The lowest BCUT2D eigenvalue weighted by Crippen LogP contribution is -2.04. The van der Waals surface area contributed by atoms with Crippen molar-refractivity contribution in [1.82, 2.24) is 14.5 Å². The van der Waals surface area contributed by atoms with Crippen LogP contribution in [0.3, 0.4) is 0 Å². The van der Waals surface area contributed by atoms with Crippen LogP contribution in [0, 0.1) is 0 Å². The lowest BCUT2D eigenvalue weighted by Gasteiger charge is -2.08. The van der Waals surface area contributed by atoms with Gasteiger partial charge in [-0.3, -0.25) is 9.78 Å². The molecule has 0 N–H and O–H groups in total. The van der Waals surface area contributed by atoms with Gasteiger partial charge in [0.1, 0.15) is 10.9 Å². The standard InChI is InChI=1S/C25H17Cl2N3O3/c1-32-18-6-7-20-19(12-18)22(24(27)30(20)14-15-2-4-17(26)5-3-15)23(31)25-29-13-21(33-25)16-8-10-28-11-9-16/h2-13H,14H2,1H3. The number of ketones is 1. The lowest BCUT2D eigenvalue weighted by atomic mass is 10.1. The van der Waals surface area contributed by atoms with E-state index in [4.69, 9.17) is 32.4 Å². The fraction of sp³-hybridized carbons (Fsp3) is 0.0800. The van der Waals surface area contributed by atoms with Crippen molar-refractivity contribution in [2.45, 2.75) is 6.54 Å². The minimum Gasteiger partial charge on any atom is -0.497 e. The number of ether oxygens (including phenoxy) is 1. The predicted octanol–water partition coefficient (Wildman–Crippen LogP) is 6.29. The average molecular weight is 478 g/mol. The molecular weight excluding hydrogens is 461 g/mol. The average Bonchev–Trinajstić information content (AvgIpc) is 3.44. The highest BCUT2D eigenvalue weighted by atomic mass is 35.5.